The number of nitrogens with one attached hydrogen (secondary N) is 1. The molecule has 1 atom stereocenters. The van der Waals surface area contributed by atoms with Crippen molar-refractivity contribution in [2.24, 2.45) is 5.92 Å². The number of para-hydroxylation sites is 1. The number of hydrogen-bond donors (Lipinski definition) is 1. The van der Waals surface area contributed by atoms with Gasteiger partial charge in [-0.15, -0.1) is 0 Å². The first-order chi connectivity index (χ1) is 9.34. The number of hydrogen-bond acceptors (Lipinski definition) is 2. The topological polar surface area (TPSA) is 25.2 Å². The Balaban J connectivity index is 2.53. The summed E-state index contributed by atoms with van der Waals surface area (Å²) in [5.41, 5.74) is 2.42. The third kappa shape index (κ3) is 2.90. The number of benzene rings is 1. The van der Waals surface area contributed by atoms with Crippen LogP contribution in [0.2, 0.25) is 0 Å². The molecule has 20 heavy (non-hydrogen) atoms. The van der Waals surface area contributed by atoms with E-state index in [1.807, 2.05) is 0 Å². The van der Waals surface area contributed by atoms with Crippen molar-refractivity contribution in [1.82, 2.24) is 5.32 Å². The zero-order valence-electron chi connectivity index (χ0n) is 13.6. The average molecular weight is 273 g/mol. The van der Waals surface area contributed by atoms with E-state index in [4.69, 9.17) is 4.42 Å². The first kappa shape index (κ1) is 15.1. The molecule has 1 aromatic carbocycles. The van der Waals surface area contributed by atoms with Crippen LogP contribution in [-0.4, -0.2) is 6.54 Å². The summed E-state index contributed by atoms with van der Waals surface area (Å²) in [6, 6.07) is 8.91. The maximum Gasteiger partial charge on any atom is 0.138 e. The molecule has 0 saturated heterocycles. The lowest BCUT2D eigenvalue weighted by Gasteiger charge is -2.20. The van der Waals surface area contributed by atoms with Gasteiger partial charge < -0.3 is 9.73 Å². The van der Waals surface area contributed by atoms with Crippen molar-refractivity contribution in [2.45, 2.75) is 53.0 Å². The van der Waals surface area contributed by atoms with Gasteiger partial charge in [0.2, 0.25) is 0 Å². The maximum absolute atomic E-state index is 6.24. The molecule has 1 heterocycles. The predicted molar refractivity (Wildman–Crippen MR) is 86.2 cm³/mol. The van der Waals surface area contributed by atoms with E-state index in [0.717, 1.165) is 17.9 Å². The Morgan fingerprint density at radius 3 is 2.45 bits per heavy atom. The third-order valence-electron chi connectivity index (χ3n) is 3.77. The van der Waals surface area contributed by atoms with E-state index in [9.17, 15) is 0 Å². The zero-order valence-corrected chi connectivity index (χ0v) is 13.6. The molecule has 0 aliphatic heterocycles. The molecule has 0 spiro atoms. The zero-order chi connectivity index (χ0) is 14.9. The molecule has 110 valence electrons. The number of rotatable bonds is 4. The van der Waals surface area contributed by atoms with Gasteiger partial charge in [0.1, 0.15) is 11.3 Å². The fraction of sp³-hybridized carbons (Fsp3) is 0.556. The fourth-order valence-electron chi connectivity index (χ4n) is 2.71. The van der Waals surface area contributed by atoms with Gasteiger partial charge in [-0.25, -0.2) is 0 Å². The van der Waals surface area contributed by atoms with E-state index in [1.54, 1.807) is 0 Å². The lowest BCUT2D eigenvalue weighted by molar-refractivity contribution is 0.355. The Kier molecular flexibility index (Phi) is 4.24. The fourth-order valence-corrected chi connectivity index (χ4v) is 2.71. The van der Waals surface area contributed by atoms with E-state index in [0.29, 0.717) is 5.92 Å². The minimum Gasteiger partial charge on any atom is -0.459 e. The van der Waals surface area contributed by atoms with Crippen LogP contribution < -0.4 is 5.32 Å². The average Bonchev–Trinajstić information content (AvgIpc) is 2.76. The molecular formula is C18H27NO. The first-order valence-electron chi connectivity index (χ1n) is 7.61. The molecule has 0 bridgehead atoms. The molecule has 0 fully saturated rings. The van der Waals surface area contributed by atoms with E-state index in [1.165, 1.54) is 10.9 Å². The molecule has 0 radical (unpaired) electrons. The standard InChI is InChI=1S/C18H27NO/c1-7-19-16(12(2)3)15-11-13-9-8-10-14(17(13)20-15)18(4,5)6/h8-12,16,19H,7H2,1-6H3. The Morgan fingerprint density at radius 1 is 1.20 bits per heavy atom. The Hall–Kier alpha value is -1.28. The van der Waals surface area contributed by atoms with Gasteiger partial charge >= 0.3 is 0 Å². The molecule has 2 rings (SSSR count). The summed E-state index contributed by atoms with van der Waals surface area (Å²) in [7, 11) is 0. The molecule has 0 saturated carbocycles. The van der Waals surface area contributed by atoms with Crippen molar-refractivity contribution in [2.75, 3.05) is 6.54 Å². The van der Waals surface area contributed by atoms with Crippen molar-refractivity contribution in [3.8, 4) is 0 Å². The summed E-state index contributed by atoms with van der Waals surface area (Å²) >= 11 is 0. The molecular weight excluding hydrogens is 246 g/mol. The summed E-state index contributed by atoms with van der Waals surface area (Å²) in [4.78, 5) is 0. The van der Waals surface area contributed by atoms with Crippen LogP contribution in [0.5, 0.6) is 0 Å². The highest BCUT2D eigenvalue weighted by molar-refractivity contribution is 5.82. The highest BCUT2D eigenvalue weighted by atomic mass is 16.3. The normalized spacial score (nSPS) is 14.2. The molecule has 2 nitrogen and oxygen atoms in total. The van der Waals surface area contributed by atoms with Gasteiger partial charge in [0.15, 0.2) is 0 Å². The molecule has 2 heteroatoms. The Morgan fingerprint density at radius 2 is 1.90 bits per heavy atom. The van der Waals surface area contributed by atoms with E-state index in [-0.39, 0.29) is 11.5 Å². The second kappa shape index (κ2) is 5.61. The van der Waals surface area contributed by atoms with Gasteiger partial charge in [-0.3, -0.25) is 0 Å². The highest BCUT2D eigenvalue weighted by Gasteiger charge is 2.23. The van der Waals surface area contributed by atoms with Crippen LogP contribution in [0.25, 0.3) is 11.0 Å². The van der Waals surface area contributed by atoms with Crippen LogP contribution in [0.15, 0.2) is 28.7 Å². The van der Waals surface area contributed by atoms with E-state index >= 15 is 0 Å². The van der Waals surface area contributed by atoms with Crippen molar-refractivity contribution in [3.63, 3.8) is 0 Å². The lowest BCUT2D eigenvalue weighted by Crippen LogP contribution is -2.24. The Bertz CT molecular complexity index is 575. The van der Waals surface area contributed by atoms with Crippen molar-refractivity contribution >= 4 is 11.0 Å². The molecule has 0 aliphatic rings. The summed E-state index contributed by atoms with van der Waals surface area (Å²) in [5, 5.41) is 4.73. The quantitative estimate of drug-likeness (QED) is 0.844. The minimum absolute atomic E-state index is 0.0974. The minimum atomic E-state index is 0.0974. The van der Waals surface area contributed by atoms with Gasteiger partial charge in [-0.05, 0) is 23.9 Å². The summed E-state index contributed by atoms with van der Waals surface area (Å²) < 4.78 is 6.24. The van der Waals surface area contributed by atoms with Crippen molar-refractivity contribution in [3.05, 3.63) is 35.6 Å². The predicted octanol–water partition coefficient (Wildman–Crippen LogP) is 5.04. The van der Waals surface area contributed by atoms with Gasteiger partial charge in [0, 0.05) is 10.9 Å². The second-order valence-corrected chi connectivity index (χ2v) is 6.90. The smallest absolute Gasteiger partial charge is 0.138 e. The monoisotopic (exact) mass is 273 g/mol. The van der Waals surface area contributed by atoms with Crippen LogP contribution in [0.1, 0.15) is 58.9 Å². The lowest BCUT2D eigenvalue weighted by atomic mass is 9.86. The molecule has 0 aliphatic carbocycles. The molecule has 1 N–H and O–H groups in total. The summed E-state index contributed by atoms with van der Waals surface area (Å²) in [5.74, 6) is 1.56. The maximum atomic E-state index is 6.24. The van der Waals surface area contributed by atoms with Crippen LogP contribution in [0, 0.1) is 5.92 Å². The van der Waals surface area contributed by atoms with Gasteiger partial charge in [0.05, 0.1) is 6.04 Å². The van der Waals surface area contributed by atoms with Crippen LogP contribution in [0.3, 0.4) is 0 Å². The van der Waals surface area contributed by atoms with E-state index in [2.05, 4.69) is 71.1 Å². The Labute approximate surface area is 122 Å². The van der Waals surface area contributed by atoms with Crippen molar-refractivity contribution < 1.29 is 4.42 Å². The summed E-state index contributed by atoms with van der Waals surface area (Å²) in [6.45, 7) is 14.2. The summed E-state index contributed by atoms with van der Waals surface area (Å²) in [6.07, 6.45) is 0. The van der Waals surface area contributed by atoms with Crippen molar-refractivity contribution in [1.29, 1.82) is 0 Å². The molecule has 1 unspecified atom stereocenters. The first-order valence-corrected chi connectivity index (χ1v) is 7.61. The molecule has 2 aromatic rings. The second-order valence-electron chi connectivity index (χ2n) is 6.90. The largest absolute Gasteiger partial charge is 0.459 e. The SMILES string of the molecule is CCNC(c1cc2cccc(C(C)(C)C)c2o1)C(C)C. The number of fused-ring (bicyclic) bond motifs is 1. The van der Waals surface area contributed by atoms with Gasteiger partial charge in [0.25, 0.3) is 0 Å². The van der Waals surface area contributed by atoms with Gasteiger partial charge in [-0.1, -0.05) is 59.7 Å². The van der Waals surface area contributed by atoms with Crippen LogP contribution in [0.4, 0.5) is 0 Å². The van der Waals surface area contributed by atoms with Gasteiger partial charge in [-0.2, -0.15) is 0 Å². The van der Waals surface area contributed by atoms with Crippen LogP contribution >= 0.6 is 0 Å². The molecule has 1 aromatic heterocycles. The number of furan rings is 1. The van der Waals surface area contributed by atoms with E-state index < -0.39 is 0 Å². The highest BCUT2D eigenvalue weighted by Crippen LogP contribution is 2.34. The van der Waals surface area contributed by atoms with Crippen LogP contribution in [-0.2, 0) is 5.41 Å². The molecule has 0 amide bonds. The third-order valence-corrected chi connectivity index (χ3v) is 3.77.